The van der Waals surface area contributed by atoms with Crippen LogP contribution in [0.5, 0.6) is 0 Å². The van der Waals surface area contributed by atoms with Gasteiger partial charge in [-0.15, -0.1) is 0 Å². The summed E-state index contributed by atoms with van der Waals surface area (Å²) in [6.07, 6.45) is 4.40. The van der Waals surface area contributed by atoms with Crippen LogP contribution in [0.15, 0.2) is 82.7 Å². The highest BCUT2D eigenvalue weighted by Crippen LogP contribution is 2.30. The van der Waals surface area contributed by atoms with Crippen molar-refractivity contribution in [3.05, 3.63) is 106 Å². The second kappa shape index (κ2) is 16.9. The molecule has 10 heteroatoms. The van der Waals surface area contributed by atoms with E-state index in [4.69, 9.17) is 4.98 Å². The van der Waals surface area contributed by atoms with Gasteiger partial charge in [0.2, 0.25) is 0 Å². The Kier molecular flexibility index (Phi) is 12.8. The zero-order valence-corrected chi connectivity index (χ0v) is 31.7. The fourth-order valence-corrected chi connectivity index (χ4v) is 5.73. The monoisotopic (exact) mass is 691 g/mol. The van der Waals surface area contributed by atoms with E-state index in [1.807, 2.05) is 106 Å². The third-order valence-electron chi connectivity index (χ3n) is 9.10. The van der Waals surface area contributed by atoms with Crippen LogP contribution in [0.25, 0.3) is 11.3 Å². The van der Waals surface area contributed by atoms with E-state index in [0.29, 0.717) is 29.2 Å². The maximum absolute atomic E-state index is 13.3. The molecule has 4 aromatic rings. The highest BCUT2D eigenvalue weighted by atomic mass is 16.2. The Morgan fingerprint density at radius 3 is 2.27 bits per heavy atom. The molecule has 10 nitrogen and oxygen atoms in total. The quantitative estimate of drug-likeness (QED) is 0.141. The fraction of sp³-hybridized carbons (Fsp3) is 0.390. The Morgan fingerprint density at radius 1 is 1.00 bits per heavy atom. The molecular weight excluding hydrogens is 638 g/mol. The summed E-state index contributed by atoms with van der Waals surface area (Å²) in [6.45, 7) is 16.1. The van der Waals surface area contributed by atoms with Crippen LogP contribution in [-0.4, -0.2) is 70.6 Å². The lowest BCUT2D eigenvalue weighted by Gasteiger charge is -2.29. The van der Waals surface area contributed by atoms with Crippen LogP contribution in [-0.2, 0) is 17.3 Å². The topological polar surface area (TPSA) is 112 Å². The molecule has 0 saturated carbocycles. The number of aromatic nitrogens is 2. The van der Waals surface area contributed by atoms with E-state index >= 15 is 0 Å². The largest absolute Gasteiger partial charge is 0.336 e. The first kappa shape index (κ1) is 38.9. The molecule has 4 rings (SSSR count). The number of anilines is 3. The normalized spacial score (nSPS) is 12.6. The molecule has 2 amide bonds. The molecule has 270 valence electrons. The Morgan fingerprint density at radius 2 is 1.67 bits per heavy atom. The summed E-state index contributed by atoms with van der Waals surface area (Å²) in [5, 5.41) is 6.23. The maximum Gasteiger partial charge on any atom is 0.293 e. The van der Waals surface area contributed by atoms with E-state index in [1.54, 1.807) is 19.5 Å². The summed E-state index contributed by atoms with van der Waals surface area (Å²) < 4.78 is 1.49. The number of carbonyl (C=O) groups is 2. The van der Waals surface area contributed by atoms with Gasteiger partial charge in [0.25, 0.3) is 17.4 Å². The number of nitrogens with zero attached hydrogens (tertiary/aromatic N) is 5. The van der Waals surface area contributed by atoms with E-state index in [1.165, 1.54) is 4.57 Å². The average Bonchev–Trinajstić information content (AvgIpc) is 3.08. The van der Waals surface area contributed by atoms with Gasteiger partial charge >= 0.3 is 0 Å². The van der Waals surface area contributed by atoms with Gasteiger partial charge in [0.15, 0.2) is 5.82 Å². The van der Waals surface area contributed by atoms with Crippen molar-refractivity contribution in [3.8, 4) is 11.3 Å². The molecule has 1 aromatic heterocycles. The third kappa shape index (κ3) is 9.86. The molecule has 1 heterocycles. The smallest absolute Gasteiger partial charge is 0.293 e. The van der Waals surface area contributed by atoms with Crippen molar-refractivity contribution < 1.29 is 9.59 Å². The number of nitrogens with one attached hydrogen (secondary N) is 2. The zero-order valence-electron chi connectivity index (χ0n) is 31.7. The Hall–Kier alpha value is -4.93. The van der Waals surface area contributed by atoms with Crippen molar-refractivity contribution in [2.45, 2.75) is 72.4 Å². The lowest BCUT2D eigenvalue weighted by Crippen LogP contribution is -2.35. The van der Waals surface area contributed by atoms with E-state index in [0.717, 1.165) is 35.2 Å². The number of benzene rings is 3. The maximum atomic E-state index is 13.3. The molecule has 0 aliphatic rings. The summed E-state index contributed by atoms with van der Waals surface area (Å²) in [7, 11) is 5.61. The van der Waals surface area contributed by atoms with Crippen LogP contribution in [0.3, 0.4) is 0 Å². The van der Waals surface area contributed by atoms with Gasteiger partial charge in [0.05, 0.1) is 5.69 Å². The Bertz CT molecular complexity index is 1910. The van der Waals surface area contributed by atoms with Crippen molar-refractivity contribution in [2.24, 2.45) is 12.0 Å². The Balaban J connectivity index is 1.56. The zero-order chi connectivity index (χ0) is 37.5. The number of hydrogen-bond acceptors (Lipinski definition) is 7. The van der Waals surface area contributed by atoms with Gasteiger partial charge in [-0.1, -0.05) is 64.1 Å². The second-order valence-electron chi connectivity index (χ2n) is 14.5. The van der Waals surface area contributed by atoms with Crippen LogP contribution in [0.4, 0.5) is 17.2 Å². The highest BCUT2D eigenvalue weighted by molar-refractivity contribution is 6.05. The van der Waals surface area contributed by atoms with Gasteiger partial charge in [-0.3, -0.25) is 19.3 Å². The summed E-state index contributed by atoms with van der Waals surface area (Å²) in [6, 6.07) is 20.3. The summed E-state index contributed by atoms with van der Waals surface area (Å²) in [4.78, 5) is 52.9. The average molecular weight is 692 g/mol. The predicted octanol–water partition coefficient (Wildman–Crippen LogP) is 7.37. The molecule has 2 N–H and O–H groups in total. The molecule has 1 atom stereocenters. The first-order valence-corrected chi connectivity index (χ1v) is 17.5. The third-order valence-corrected chi connectivity index (χ3v) is 9.10. The molecule has 0 bridgehead atoms. The number of hydrogen-bond donors (Lipinski definition) is 2. The van der Waals surface area contributed by atoms with Gasteiger partial charge in [-0.25, -0.2) is 9.98 Å². The predicted molar refractivity (Wildman–Crippen MR) is 209 cm³/mol. The first-order chi connectivity index (χ1) is 24.1. The molecule has 0 radical (unpaired) electrons. The van der Waals surface area contributed by atoms with Gasteiger partial charge in [0, 0.05) is 54.5 Å². The van der Waals surface area contributed by atoms with Crippen LogP contribution >= 0.6 is 0 Å². The van der Waals surface area contributed by atoms with Crippen molar-refractivity contribution >= 4 is 35.2 Å². The number of likely N-dealkylation sites (N-methyl/N-ethyl adjacent to an activating group) is 1. The molecule has 0 saturated heterocycles. The number of carbonyl (C=O) groups excluding carboxylic acids is 2. The molecule has 0 aliphatic heterocycles. The highest BCUT2D eigenvalue weighted by Gasteiger charge is 2.26. The minimum Gasteiger partial charge on any atom is -0.336 e. The molecule has 0 fully saturated rings. The van der Waals surface area contributed by atoms with Crippen LogP contribution < -0.4 is 16.2 Å². The van der Waals surface area contributed by atoms with Crippen LogP contribution in [0.1, 0.15) is 81.1 Å². The fourth-order valence-electron chi connectivity index (χ4n) is 5.73. The van der Waals surface area contributed by atoms with E-state index in [9.17, 15) is 14.4 Å². The molecule has 1 unspecified atom stereocenters. The van der Waals surface area contributed by atoms with Crippen molar-refractivity contribution in [1.82, 2.24) is 19.4 Å². The van der Waals surface area contributed by atoms with Crippen LogP contribution in [0.2, 0.25) is 0 Å². The van der Waals surface area contributed by atoms with Gasteiger partial charge < -0.3 is 20.1 Å². The number of rotatable bonds is 13. The van der Waals surface area contributed by atoms with Crippen molar-refractivity contribution in [1.29, 1.82) is 0 Å². The van der Waals surface area contributed by atoms with Crippen LogP contribution in [0, 0.1) is 6.92 Å². The summed E-state index contributed by atoms with van der Waals surface area (Å²) in [5.74, 6) is -0.277. The second-order valence-corrected chi connectivity index (χ2v) is 14.5. The molecule has 51 heavy (non-hydrogen) atoms. The minimum atomic E-state index is -0.556. The molecular formula is C41H53N7O3. The Labute approximate surface area is 302 Å². The molecule has 0 aliphatic carbocycles. The number of aliphatic imine (C=N–C) groups is 1. The van der Waals surface area contributed by atoms with E-state index in [2.05, 4.69) is 48.2 Å². The first-order valence-electron chi connectivity index (χ1n) is 17.5. The number of aryl methyl sites for hydroxylation is 1. The van der Waals surface area contributed by atoms with Gasteiger partial charge in [-0.05, 0) is 100 Å². The van der Waals surface area contributed by atoms with Gasteiger partial charge in [0.1, 0.15) is 6.04 Å². The SMILES string of the molecule is CCCN(C)C/C=N/C(=O)C(c1ccc(Nc2nc(-c3cccc(NC(=O)c4ccc(C(C)(C)C)cc4)c3C)cn(C)c2=O)cc1)N(C)C(C)C. The minimum absolute atomic E-state index is 0.00571. The summed E-state index contributed by atoms with van der Waals surface area (Å²) >= 11 is 0. The standard InChI is InChI=1S/C41H53N7O3/c1-11-24-46(8)25-23-42-39(50)36(48(10)27(2)3)29-17-21-32(22-18-29)43-37-40(51)47(9)26-35(44-37)33-13-12-14-34(28(33)4)45-38(49)30-15-19-31(20-16-30)41(5,6)7/h12-23,26-27,36H,11,24-25H2,1-10H3,(H,43,44)(H,45,49)/b42-23+. The van der Waals surface area contributed by atoms with E-state index in [-0.39, 0.29) is 34.6 Å². The number of amides is 2. The van der Waals surface area contributed by atoms with E-state index < -0.39 is 6.04 Å². The lowest BCUT2D eigenvalue weighted by atomic mass is 9.86. The molecule has 3 aromatic carbocycles. The van der Waals surface area contributed by atoms with Crippen molar-refractivity contribution in [2.75, 3.05) is 37.8 Å². The molecule has 0 spiro atoms. The van der Waals surface area contributed by atoms with Gasteiger partial charge in [-0.2, -0.15) is 0 Å². The summed E-state index contributed by atoms with van der Waals surface area (Å²) in [5.41, 5.74) is 5.72. The lowest BCUT2D eigenvalue weighted by molar-refractivity contribution is -0.123. The van der Waals surface area contributed by atoms with Crippen molar-refractivity contribution in [3.63, 3.8) is 0 Å².